The van der Waals surface area contributed by atoms with E-state index in [1.54, 1.807) is 14.2 Å². The zero-order chi connectivity index (χ0) is 53.1. The zero-order valence-corrected chi connectivity index (χ0v) is 45.1. The summed E-state index contributed by atoms with van der Waals surface area (Å²) in [6.45, 7) is 13.9. The van der Waals surface area contributed by atoms with Crippen LogP contribution >= 0.6 is 0 Å². The van der Waals surface area contributed by atoms with Crippen LogP contribution in [-0.2, 0) is 29.8 Å². The second-order valence-corrected chi connectivity index (χ2v) is 21.4. The Morgan fingerprint density at radius 2 is 0.628 bits per heavy atom. The number of fused-ring (bicyclic) bond motifs is 6. The third-order valence-corrected chi connectivity index (χ3v) is 16.2. The van der Waals surface area contributed by atoms with Crippen molar-refractivity contribution in [3.8, 4) is 56.8 Å². The molecule has 14 rings (SSSR count). The number of benzene rings is 8. The average Bonchev–Trinajstić information content (AvgIpc) is 4.37. The van der Waals surface area contributed by atoms with Crippen LogP contribution in [0.3, 0.4) is 0 Å². The quantitative estimate of drug-likeness (QED) is 0.0772. The molecule has 6 aliphatic rings. The van der Waals surface area contributed by atoms with Crippen LogP contribution in [-0.4, -0.2) is 91.5 Å². The van der Waals surface area contributed by atoms with E-state index in [9.17, 15) is 0 Å². The van der Waals surface area contributed by atoms with Crippen molar-refractivity contribution in [1.29, 1.82) is 0 Å². The standard InChI is InChI=1S/C35H34O4.C33H30O6/c1-21-13-25(14-22(2)33(21)38-19-27-17-36-27)35(26-15-23(3)34(24(4)16-26)39-20-28-18-37-28)31-11-7-5-9-29(31)30-10-6-8-12-32(30)35;1-34-31-15-21(11-13-29(31)38-19-23-17-36-23)33(22-12-14-30(32(16-22)35-2)39-20-24-18-37-24)27-9-5-3-7-25(27)26-8-4-6-10-28(26)33/h5-16,27-28H,17-20H2,1-4H3;3-16,23-24H,17-20H2,1-2H3. The molecule has 78 heavy (non-hydrogen) atoms. The Labute approximate surface area is 456 Å². The SMILES string of the molecule is COc1cc(C2(c3ccc(OCC4CO4)c(OC)c3)c3ccccc3-c3ccccc32)ccc1OCC1CO1.Cc1cc(C2(c3cc(C)c(OCC4CO4)c(C)c3)c3ccccc3-c3ccccc32)cc(C)c1OCC1CO1. The van der Waals surface area contributed by atoms with E-state index >= 15 is 0 Å². The third-order valence-electron chi connectivity index (χ3n) is 16.2. The van der Waals surface area contributed by atoms with Crippen molar-refractivity contribution in [2.75, 3.05) is 67.1 Å². The van der Waals surface area contributed by atoms with Crippen molar-refractivity contribution in [3.63, 3.8) is 0 Å². The Hall–Kier alpha value is -7.60. The van der Waals surface area contributed by atoms with Crippen molar-refractivity contribution in [2.45, 2.75) is 62.9 Å². The van der Waals surface area contributed by atoms with Crippen LogP contribution in [0, 0.1) is 27.7 Å². The molecule has 4 atom stereocenters. The van der Waals surface area contributed by atoms with E-state index in [0.717, 1.165) is 71.3 Å². The van der Waals surface area contributed by atoms with Crippen LogP contribution in [0.25, 0.3) is 22.3 Å². The first-order valence-electron chi connectivity index (χ1n) is 27.2. The summed E-state index contributed by atoms with van der Waals surface area (Å²) < 4.78 is 57.7. The number of ether oxygens (including phenoxy) is 10. The van der Waals surface area contributed by atoms with Gasteiger partial charge in [0.2, 0.25) is 0 Å². The summed E-state index contributed by atoms with van der Waals surface area (Å²) in [6.07, 6.45) is 0.770. The molecule has 0 spiro atoms. The molecule has 10 nitrogen and oxygen atoms in total. The molecule has 4 unspecified atom stereocenters. The molecule has 4 fully saturated rings. The summed E-state index contributed by atoms with van der Waals surface area (Å²) >= 11 is 0. The molecule has 2 aliphatic carbocycles. The molecule has 0 radical (unpaired) electrons. The minimum absolute atomic E-state index is 0.161. The van der Waals surface area contributed by atoms with Gasteiger partial charge < -0.3 is 47.4 Å². The molecular formula is C68H64O10. The monoisotopic (exact) mass is 1040 g/mol. The van der Waals surface area contributed by atoms with E-state index in [0.29, 0.717) is 49.4 Å². The fourth-order valence-corrected chi connectivity index (χ4v) is 12.3. The summed E-state index contributed by atoms with van der Waals surface area (Å²) in [4.78, 5) is 0. The Bertz CT molecular complexity index is 3290. The molecule has 8 aromatic rings. The van der Waals surface area contributed by atoms with E-state index in [1.807, 2.05) is 12.1 Å². The molecule has 4 saturated heterocycles. The summed E-state index contributed by atoms with van der Waals surface area (Å²) in [5, 5.41) is 0. The number of rotatable bonds is 18. The first-order valence-corrected chi connectivity index (χ1v) is 27.2. The summed E-state index contributed by atoms with van der Waals surface area (Å²) in [5.41, 5.74) is 18.2. The van der Waals surface area contributed by atoms with Gasteiger partial charge in [0.1, 0.15) is 62.3 Å². The molecule has 0 saturated carbocycles. The molecule has 0 amide bonds. The van der Waals surface area contributed by atoms with Crippen molar-refractivity contribution < 1.29 is 47.4 Å². The van der Waals surface area contributed by atoms with Crippen molar-refractivity contribution >= 4 is 0 Å². The maximum atomic E-state index is 6.24. The molecule has 0 aromatic heterocycles. The van der Waals surface area contributed by atoms with E-state index in [2.05, 4.69) is 173 Å². The van der Waals surface area contributed by atoms with Gasteiger partial charge in [0.15, 0.2) is 23.0 Å². The zero-order valence-electron chi connectivity index (χ0n) is 45.1. The van der Waals surface area contributed by atoms with Gasteiger partial charge in [0.25, 0.3) is 0 Å². The van der Waals surface area contributed by atoms with Gasteiger partial charge in [-0.15, -0.1) is 0 Å². The van der Waals surface area contributed by atoms with E-state index in [-0.39, 0.29) is 24.4 Å². The van der Waals surface area contributed by atoms with Gasteiger partial charge in [-0.1, -0.05) is 133 Å². The lowest BCUT2D eigenvalue weighted by molar-refractivity contribution is 0.251. The fraction of sp³-hybridized carbons (Fsp3) is 0.294. The van der Waals surface area contributed by atoms with Crippen molar-refractivity contribution in [2.24, 2.45) is 0 Å². The summed E-state index contributed by atoms with van der Waals surface area (Å²) in [7, 11) is 3.36. The Balaban J connectivity index is 0.000000148. The maximum Gasteiger partial charge on any atom is 0.161 e. The number of hydrogen-bond acceptors (Lipinski definition) is 10. The molecule has 10 heteroatoms. The lowest BCUT2D eigenvalue weighted by Gasteiger charge is -2.35. The van der Waals surface area contributed by atoms with Gasteiger partial charge in [-0.25, -0.2) is 0 Å². The molecular weight excluding hydrogens is 977 g/mol. The normalized spacial score (nSPS) is 19.7. The third kappa shape index (κ3) is 8.94. The molecule has 396 valence electrons. The van der Waals surface area contributed by atoms with Crippen molar-refractivity contribution in [1.82, 2.24) is 0 Å². The topological polar surface area (TPSA) is 106 Å². The highest BCUT2D eigenvalue weighted by molar-refractivity contribution is 5.88. The van der Waals surface area contributed by atoms with Crippen LogP contribution in [0.4, 0.5) is 0 Å². The molecule has 4 heterocycles. The lowest BCUT2D eigenvalue weighted by Crippen LogP contribution is -2.29. The fourth-order valence-electron chi connectivity index (χ4n) is 12.3. The van der Waals surface area contributed by atoms with Gasteiger partial charge in [0.05, 0.1) is 51.5 Å². The summed E-state index contributed by atoms with van der Waals surface area (Å²) in [5.74, 6) is 4.70. The van der Waals surface area contributed by atoms with Gasteiger partial charge >= 0.3 is 0 Å². The van der Waals surface area contributed by atoms with Crippen LogP contribution in [0.2, 0.25) is 0 Å². The highest BCUT2D eigenvalue weighted by atomic mass is 16.6. The first-order chi connectivity index (χ1) is 38.2. The molecule has 0 N–H and O–H groups in total. The average molecular weight is 1040 g/mol. The first kappa shape index (κ1) is 49.9. The van der Waals surface area contributed by atoms with Crippen LogP contribution in [0.1, 0.15) is 66.8 Å². The van der Waals surface area contributed by atoms with E-state index in [1.165, 1.54) is 55.6 Å². The van der Waals surface area contributed by atoms with Crippen LogP contribution in [0.15, 0.2) is 158 Å². The maximum absolute atomic E-state index is 6.24. The smallest absolute Gasteiger partial charge is 0.161 e. The lowest BCUT2D eigenvalue weighted by atomic mass is 9.66. The van der Waals surface area contributed by atoms with Gasteiger partial charge in [-0.05, 0) is 141 Å². The van der Waals surface area contributed by atoms with Crippen LogP contribution in [0.5, 0.6) is 34.5 Å². The summed E-state index contributed by atoms with van der Waals surface area (Å²) in [6, 6.07) is 56.8. The largest absolute Gasteiger partial charge is 0.493 e. The number of hydrogen-bond donors (Lipinski definition) is 0. The minimum Gasteiger partial charge on any atom is -0.493 e. The predicted molar refractivity (Wildman–Crippen MR) is 300 cm³/mol. The number of methoxy groups -OCH3 is 2. The second-order valence-electron chi connectivity index (χ2n) is 21.4. The van der Waals surface area contributed by atoms with E-state index < -0.39 is 10.8 Å². The second kappa shape index (κ2) is 20.3. The highest BCUT2D eigenvalue weighted by Crippen LogP contribution is 2.59. The van der Waals surface area contributed by atoms with Gasteiger partial charge in [-0.3, -0.25) is 0 Å². The predicted octanol–water partition coefficient (Wildman–Crippen LogP) is 12.5. The van der Waals surface area contributed by atoms with Crippen molar-refractivity contribution in [3.05, 3.63) is 224 Å². The number of epoxide rings is 4. The highest BCUT2D eigenvalue weighted by Gasteiger charge is 2.48. The molecule has 0 bridgehead atoms. The van der Waals surface area contributed by atoms with Gasteiger partial charge in [-0.2, -0.15) is 0 Å². The Kier molecular flexibility index (Phi) is 13.0. The Morgan fingerprint density at radius 3 is 0.923 bits per heavy atom. The number of aryl methyl sites for hydroxylation is 4. The minimum atomic E-state index is -0.607. The van der Waals surface area contributed by atoms with Crippen LogP contribution < -0.4 is 28.4 Å². The molecule has 8 aromatic carbocycles. The Morgan fingerprint density at radius 1 is 0.346 bits per heavy atom. The van der Waals surface area contributed by atoms with E-state index in [4.69, 9.17) is 47.4 Å². The van der Waals surface area contributed by atoms with Gasteiger partial charge in [0, 0.05) is 0 Å². The molecule has 4 aliphatic heterocycles.